The van der Waals surface area contributed by atoms with Crippen LogP contribution in [0.25, 0.3) is 0 Å². The lowest BCUT2D eigenvalue weighted by Crippen LogP contribution is -2.44. The summed E-state index contributed by atoms with van der Waals surface area (Å²) in [5.74, 6) is 0.662. The van der Waals surface area contributed by atoms with E-state index in [1.807, 2.05) is 31.2 Å². The van der Waals surface area contributed by atoms with Crippen LogP contribution in [0.2, 0.25) is 0 Å². The predicted octanol–water partition coefficient (Wildman–Crippen LogP) is 2.42. The first-order chi connectivity index (χ1) is 12.6. The molecule has 0 saturated heterocycles. The number of hydrogen-bond acceptors (Lipinski definition) is 4. The molecular weight excluding hydrogens is 328 g/mol. The second-order valence-corrected chi connectivity index (χ2v) is 7.11. The molecule has 136 valence electrons. The Hall–Kier alpha value is -2.47. The first kappa shape index (κ1) is 17.0. The maximum Gasteiger partial charge on any atom is 0.318 e. The zero-order chi connectivity index (χ0) is 18.1. The summed E-state index contributed by atoms with van der Waals surface area (Å²) in [5.41, 5.74) is 5.34. The van der Waals surface area contributed by atoms with Crippen molar-refractivity contribution in [2.24, 2.45) is 0 Å². The van der Waals surface area contributed by atoms with E-state index in [2.05, 4.69) is 15.3 Å². The molecule has 2 aromatic rings. The van der Waals surface area contributed by atoms with Gasteiger partial charge in [0.1, 0.15) is 5.82 Å². The first-order valence-corrected chi connectivity index (χ1v) is 9.25. The van der Waals surface area contributed by atoms with Crippen LogP contribution in [-0.4, -0.2) is 32.6 Å². The number of carbonyl (C=O) groups excluding carboxylic acids is 1. The van der Waals surface area contributed by atoms with Gasteiger partial charge in [-0.05, 0) is 49.3 Å². The lowest BCUT2D eigenvalue weighted by Gasteiger charge is -2.32. The summed E-state index contributed by atoms with van der Waals surface area (Å²) in [6.45, 7) is 3.13. The van der Waals surface area contributed by atoms with Crippen LogP contribution in [0.1, 0.15) is 52.8 Å². The number of amides is 2. The number of fused-ring (bicyclic) bond motifs is 2. The second kappa shape index (κ2) is 7.03. The van der Waals surface area contributed by atoms with Gasteiger partial charge in [0.25, 0.3) is 0 Å². The van der Waals surface area contributed by atoms with E-state index in [9.17, 15) is 9.90 Å². The number of nitrogens with zero attached hydrogens (tertiary/aromatic N) is 3. The van der Waals surface area contributed by atoms with Crippen LogP contribution in [0.3, 0.4) is 0 Å². The Balaban J connectivity index is 1.43. The molecule has 26 heavy (non-hydrogen) atoms. The molecule has 0 fully saturated rings. The topological polar surface area (TPSA) is 78.4 Å². The predicted molar refractivity (Wildman–Crippen MR) is 97.5 cm³/mol. The SMILES string of the molecule is Cc1nc(CNC(=O)N2Cc3ccccc3[C@H](O)C2)nc2c1CCCC2. The van der Waals surface area contributed by atoms with Crippen LogP contribution in [0, 0.1) is 6.92 Å². The minimum Gasteiger partial charge on any atom is -0.387 e. The highest BCUT2D eigenvalue weighted by Gasteiger charge is 2.26. The monoisotopic (exact) mass is 352 g/mol. The van der Waals surface area contributed by atoms with Gasteiger partial charge in [-0.2, -0.15) is 0 Å². The van der Waals surface area contributed by atoms with Crippen molar-refractivity contribution in [2.45, 2.75) is 51.8 Å². The average molecular weight is 352 g/mol. The Labute approximate surface area is 153 Å². The number of rotatable bonds is 2. The smallest absolute Gasteiger partial charge is 0.318 e. The molecule has 6 heteroatoms. The minimum atomic E-state index is -0.645. The fourth-order valence-corrected chi connectivity index (χ4v) is 3.93. The standard InChI is InChI=1S/C20H24N4O2/c1-13-15-7-4-5-9-17(15)23-19(22-13)10-21-20(26)24-11-14-6-2-3-8-16(14)18(25)12-24/h2-3,6,8,18,25H,4-5,7,9-12H2,1H3,(H,21,26)/t18-/m1/s1. The fourth-order valence-electron chi connectivity index (χ4n) is 3.93. The molecule has 0 spiro atoms. The summed E-state index contributed by atoms with van der Waals surface area (Å²) >= 11 is 0. The van der Waals surface area contributed by atoms with Gasteiger partial charge in [-0.1, -0.05) is 24.3 Å². The third-order valence-electron chi connectivity index (χ3n) is 5.29. The summed E-state index contributed by atoms with van der Waals surface area (Å²) in [5, 5.41) is 13.2. The van der Waals surface area contributed by atoms with Crippen molar-refractivity contribution in [3.8, 4) is 0 Å². The van der Waals surface area contributed by atoms with E-state index in [4.69, 9.17) is 0 Å². The van der Waals surface area contributed by atoms with Crippen molar-refractivity contribution in [3.05, 3.63) is 58.2 Å². The number of β-amino-alcohol motifs (C(OH)–C–C–N with tert-alkyl or cyclic N) is 1. The average Bonchev–Trinajstić information content (AvgIpc) is 2.66. The van der Waals surface area contributed by atoms with Crippen LogP contribution < -0.4 is 5.32 Å². The number of aliphatic hydroxyl groups is 1. The van der Waals surface area contributed by atoms with Crippen molar-refractivity contribution in [2.75, 3.05) is 6.54 Å². The molecule has 2 N–H and O–H groups in total. The van der Waals surface area contributed by atoms with Gasteiger partial charge in [0, 0.05) is 17.9 Å². The van der Waals surface area contributed by atoms with Crippen molar-refractivity contribution in [1.82, 2.24) is 20.2 Å². The summed E-state index contributed by atoms with van der Waals surface area (Å²) in [7, 11) is 0. The van der Waals surface area contributed by atoms with Crippen molar-refractivity contribution in [3.63, 3.8) is 0 Å². The number of aliphatic hydroxyl groups excluding tert-OH is 1. The maximum atomic E-state index is 12.5. The molecule has 2 heterocycles. The number of hydrogen-bond donors (Lipinski definition) is 2. The molecule has 4 rings (SSSR count). The van der Waals surface area contributed by atoms with E-state index in [1.165, 1.54) is 18.4 Å². The normalized spacial score (nSPS) is 18.8. The molecule has 0 unspecified atom stereocenters. The molecule has 1 aliphatic carbocycles. The van der Waals surface area contributed by atoms with Crippen LogP contribution in [-0.2, 0) is 25.9 Å². The number of carbonyl (C=O) groups is 1. The molecular formula is C20H24N4O2. The van der Waals surface area contributed by atoms with E-state index in [1.54, 1.807) is 4.90 Å². The van der Waals surface area contributed by atoms with E-state index < -0.39 is 6.10 Å². The molecule has 0 bridgehead atoms. The Morgan fingerprint density at radius 1 is 1.27 bits per heavy atom. The maximum absolute atomic E-state index is 12.5. The van der Waals surface area contributed by atoms with Gasteiger partial charge in [0.2, 0.25) is 0 Å². The molecule has 1 aromatic heterocycles. The van der Waals surface area contributed by atoms with Crippen LogP contribution in [0.15, 0.2) is 24.3 Å². The van der Waals surface area contributed by atoms with E-state index >= 15 is 0 Å². The Morgan fingerprint density at radius 3 is 2.96 bits per heavy atom. The summed E-state index contributed by atoms with van der Waals surface area (Å²) < 4.78 is 0. The molecule has 1 atom stereocenters. The molecule has 1 aliphatic heterocycles. The number of aromatic nitrogens is 2. The van der Waals surface area contributed by atoms with Crippen LogP contribution >= 0.6 is 0 Å². The van der Waals surface area contributed by atoms with Crippen molar-refractivity contribution >= 4 is 6.03 Å². The molecule has 1 aromatic carbocycles. The Kier molecular flexibility index (Phi) is 4.59. The first-order valence-electron chi connectivity index (χ1n) is 9.25. The zero-order valence-corrected chi connectivity index (χ0v) is 15.0. The third kappa shape index (κ3) is 3.29. The van der Waals surface area contributed by atoms with Gasteiger partial charge in [-0.3, -0.25) is 0 Å². The van der Waals surface area contributed by atoms with E-state index in [0.717, 1.165) is 35.4 Å². The highest BCUT2D eigenvalue weighted by Crippen LogP contribution is 2.26. The third-order valence-corrected chi connectivity index (χ3v) is 5.29. The van der Waals surface area contributed by atoms with Gasteiger partial charge in [-0.25, -0.2) is 14.8 Å². The zero-order valence-electron chi connectivity index (χ0n) is 15.0. The highest BCUT2D eigenvalue weighted by molar-refractivity contribution is 5.74. The summed E-state index contributed by atoms with van der Waals surface area (Å²) in [6.07, 6.45) is 3.77. The second-order valence-electron chi connectivity index (χ2n) is 7.11. The van der Waals surface area contributed by atoms with Gasteiger partial charge in [0.05, 0.1) is 19.2 Å². The van der Waals surface area contributed by atoms with Crippen molar-refractivity contribution in [1.29, 1.82) is 0 Å². The van der Waals surface area contributed by atoms with Gasteiger partial charge in [0.15, 0.2) is 0 Å². The number of benzene rings is 1. The van der Waals surface area contributed by atoms with E-state index in [-0.39, 0.29) is 6.03 Å². The quantitative estimate of drug-likeness (QED) is 0.870. The molecule has 6 nitrogen and oxygen atoms in total. The number of aryl methyl sites for hydroxylation is 2. The fraction of sp³-hybridized carbons (Fsp3) is 0.450. The number of nitrogens with one attached hydrogen (secondary N) is 1. The van der Waals surface area contributed by atoms with E-state index in [0.29, 0.717) is 25.5 Å². The molecule has 0 radical (unpaired) electrons. The van der Waals surface area contributed by atoms with Gasteiger partial charge < -0.3 is 15.3 Å². The largest absolute Gasteiger partial charge is 0.387 e. The van der Waals surface area contributed by atoms with Crippen LogP contribution in [0.5, 0.6) is 0 Å². The lowest BCUT2D eigenvalue weighted by atomic mass is 9.95. The number of urea groups is 1. The Bertz CT molecular complexity index is 837. The summed E-state index contributed by atoms with van der Waals surface area (Å²) in [4.78, 5) is 23.4. The highest BCUT2D eigenvalue weighted by atomic mass is 16.3. The molecule has 2 amide bonds. The lowest BCUT2D eigenvalue weighted by molar-refractivity contribution is 0.104. The molecule has 2 aliphatic rings. The van der Waals surface area contributed by atoms with Crippen molar-refractivity contribution < 1.29 is 9.90 Å². The minimum absolute atomic E-state index is 0.197. The van der Waals surface area contributed by atoms with Gasteiger partial charge >= 0.3 is 6.03 Å². The molecule has 0 saturated carbocycles. The van der Waals surface area contributed by atoms with Gasteiger partial charge in [-0.15, -0.1) is 0 Å². The Morgan fingerprint density at radius 2 is 2.08 bits per heavy atom. The van der Waals surface area contributed by atoms with Crippen LogP contribution in [0.4, 0.5) is 4.79 Å². The summed E-state index contributed by atoms with van der Waals surface area (Å²) in [6, 6.07) is 7.51.